The van der Waals surface area contributed by atoms with Crippen LogP contribution in [0.1, 0.15) is 11.1 Å². The highest BCUT2D eigenvalue weighted by Crippen LogP contribution is 2.31. The van der Waals surface area contributed by atoms with Crippen molar-refractivity contribution in [3.05, 3.63) is 72.2 Å². The predicted molar refractivity (Wildman–Crippen MR) is 102 cm³/mol. The van der Waals surface area contributed by atoms with Crippen LogP contribution in [-0.4, -0.2) is 33.8 Å². The zero-order chi connectivity index (χ0) is 18.6. The van der Waals surface area contributed by atoms with Gasteiger partial charge in [0, 0.05) is 35.3 Å². The highest BCUT2D eigenvalue weighted by atomic mass is 16.5. The highest BCUT2D eigenvalue weighted by Gasteiger charge is 2.12. The molecular formula is C21H16N4O2. The Morgan fingerprint density at radius 3 is 2.52 bits per heavy atom. The van der Waals surface area contributed by atoms with Crippen molar-refractivity contribution in [1.82, 2.24) is 19.6 Å². The third-order valence-corrected chi connectivity index (χ3v) is 4.06. The minimum Gasteiger partial charge on any atom is -0.493 e. The second-order valence-electron chi connectivity index (χ2n) is 5.73. The molecule has 0 bridgehead atoms. The normalized spacial score (nSPS) is 10.3. The summed E-state index contributed by atoms with van der Waals surface area (Å²) in [5, 5.41) is 8.55. The minimum atomic E-state index is 0.638. The average molecular weight is 356 g/mol. The first kappa shape index (κ1) is 16.6. The van der Waals surface area contributed by atoms with E-state index in [1.165, 1.54) is 0 Å². The summed E-state index contributed by atoms with van der Waals surface area (Å²) < 4.78 is 12.6. The van der Waals surface area contributed by atoms with Crippen molar-refractivity contribution >= 4 is 5.65 Å². The number of hydrogen-bond donors (Lipinski definition) is 0. The maximum Gasteiger partial charge on any atom is 0.168 e. The van der Waals surface area contributed by atoms with Crippen molar-refractivity contribution in [3.63, 3.8) is 0 Å². The molecular weight excluding hydrogens is 340 g/mol. The van der Waals surface area contributed by atoms with E-state index in [1.54, 1.807) is 26.6 Å². The maximum absolute atomic E-state index is 5.39. The van der Waals surface area contributed by atoms with Crippen molar-refractivity contribution in [3.8, 4) is 34.7 Å². The molecule has 0 atom stereocenters. The van der Waals surface area contributed by atoms with Gasteiger partial charge < -0.3 is 9.47 Å². The van der Waals surface area contributed by atoms with Crippen molar-refractivity contribution in [1.29, 1.82) is 0 Å². The van der Waals surface area contributed by atoms with Gasteiger partial charge in [-0.1, -0.05) is 11.8 Å². The number of benzene rings is 1. The van der Waals surface area contributed by atoms with Gasteiger partial charge in [-0.05, 0) is 42.5 Å². The van der Waals surface area contributed by atoms with Crippen LogP contribution in [0.5, 0.6) is 11.5 Å². The second-order valence-corrected chi connectivity index (χ2v) is 5.73. The number of fused-ring (bicyclic) bond motifs is 1. The van der Waals surface area contributed by atoms with Gasteiger partial charge in [-0.25, -0.2) is 0 Å². The van der Waals surface area contributed by atoms with Crippen LogP contribution >= 0.6 is 0 Å². The number of aromatic nitrogens is 4. The molecule has 4 rings (SSSR count). The molecule has 0 aliphatic rings. The Hall–Kier alpha value is -3.85. The molecule has 1 aromatic carbocycles. The maximum atomic E-state index is 5.39. The van der Waals surface area contributed by atoms with Crippen LogP contribution in [0.3, 0.4) is 0 Å². The lowest BCUT2D eigenvalue weighted by Crippen LogP contribution is -1.94. The van der Waals surface area contributed by atoms with E-state index in [4.69, 9.17) is 9.47 Å². The van der Waals surface area contributed by atoms with E-state index in [1.807, 2.05) is 53.1 Å². The van der Waals surface area contributed by atoms with E-state index in [-0.39, 0.29) is 0 Å². The van der Waals surface area contributed by atoms with E-state index in [2.05, 4.69) is 27.0 Å². The monoisotopic (exact) mass is 356 g/mol. The lowest BCUT2D eigenvalue weighted by atomic mass is 10.2. The molecule has 4 aromatic rings. The van der Waals surface area contributed by atoms with Gasteiger partial charge in [0.1, 0.15) is 0 Å². The first-order chi connectivity index (χ1) is 13.3. The molecule has 27 heavy (non-hydrogen) atoms. The standard InChI is InChI=1S/C21H16N4O2/c1-26-18-9-8-17(12-19(18)27-2)21-24-23-20-10-7-16(14-25(20)21)6-5-15-4-3-11-22-13-15/h3-4,7-14H,1-2H3. The van der Waals surface area contributed by atoms with Gasteiger partial charge in [-0.3, -0.25) is 9.38 Å². The van der Waals surface area contributed by atoms with Crippen LogP contribution in [0, 0.1) is 11.8 Å². The number of rotatable bonds is 3. The second kappa shape index (κ2) is 7.18. The van der Waals surface area contributed by atoms with E-state index < -0.39 is 0 Å². The van der Waals surface area contributed by atoms with E-state index >= 15 is 0 Å². The van der Waals surface area contributed by atoms with Gasteiger partial charge >= 0.3 is 0 Å². The average Bonchev–Trinajstić information content (AvgIpc) is 3.15. The van der Waals surface area contributed by atoms with Crippen molar-refractivity contribution < 1.29 is 9.47 Å². The first-order valence-electron chi connectivity index (χ1n) is 8.28. The zero-order valence-corrected chi connectivity index (χ0v) is 14.9. The summed E-state index contributed by atoms with van der Waals surface area (Å²) in [6.07, 6.45) is 5.38. The van der Waals surface area contributed by atoms with Gasteiger partial charge in [0.25, 0.3) is 0 Å². The van der Waals surface area contributed by atoms with Crippen molar-refractivity contribution in [2.75, 3.05) is 14.2 Å². The van der Waals surface area contributed by atoms with Crippen molar-refractivity contribution in [2.24, 2.45) is 0 Å². The fourth-order valence-electron chi connectivity index (χ4n) is 2.72. The number of methoxy groups -OCH3 is 2. The molecule has 0 spiro atoms. The summed E-state index contributed by atoms with van der Waals surface area (Å²) in [7, 11) is 3.22. The van der Waals surface area contributed by atoms with Crippen LogP contribution in [0.15, 0.2) is 61.1 Å². The van der Waals surface area contributed by atoms with E-state index in [0.717, 1.165) is 22.3 Å². The summed E-state index contributed by atoms with van der Waals surface area (Å²) in [5.41, 5.74) is 3.33. The summed E-state index contributed by atoms with van der Waals surface area (Å²) in [6, 6.07) is 13.3. The number of ether oxygens (including phenoxy) is 2. The molecule has 0 saturated heterocycles. The van der Waals surface area contributed by atoms with Crippen LogP contribution in [0.2, 0.25) is 0 Å². The third kappa shape index (κ3) is 3.31. The molecule has 132 valence electrons. The Morgan fingerprint density at radius 1 is 0.889 bits per heavy atom. The number of pyridine rings is 2. The molecule has 3 aromatic heterocycles. The van der Waals surface area contributed by atoms with E-state index in [0.29, 0.717) is 17.3 Å². The summed E-state index contributed by atoms with van der Waals surface area (Å²) >= 11 is 0. The summed E-state index contributed by atoms with van der Waals surface area (Å²) in [4.78, 5) is 4.07. The molecule has 0 aliphatic carbocycles. The fourth-order valence-corrected chi connectivity index (χ4v) is 2.72. The highest BCUT2D eigenvalue weighted by molar-refractivity contribution is 5.64. The smallest absolute Gasteiger partial charge is 0.168 e. The van der Waals surface area contributed by atoms with Gasteiger partial charge in [0.05, 0.1) is 14.2 Å². The molecule has 0 radical (unpaired) electrons. The Balaban J connectivity index is 1.76. The molecule has 0 unspecified atom stereocenters. The predicted octanol–water partition coefficient (Wildman–Crippen LogP) is 3.21. The lowest BCUT2D eigenvalue weighted by molar-refractivity contribution is 0.355. The molecule has 0 fully saturated rings. The summed E-state index contributed by atoms with van der Waals surface area (Å²) in [5.74, 6) is 8.27. The third-order valence-electron chi connectivity index (χ3n) is 4.06. The SMILES string of the molecule is COc1ccc(-c2nnc3ccc(C#Cc4cccnc4)cn23)cc1OC. The van der Waals surface area contributed by atoms with Gasteiger partial charge in [0.15, 0.2) is 23.0 Å². The number of nitrogens with zero attached hydrogens (tertiary/aromatic N) is 4. The molecule has 0 amide bonds. The van der Waals surface area contributed by atoms with Crippen LogP contribution in [0.25, 0.3) is 17.0 Å². The van der Waals surface area contributed by atoms with Gasteiger partial charge in [-0.2, -0.15) is 0 Å². The molecule has 0 N–H and O–H groups in total. The fraction of sp³-hybridized carbons (Fsp3) is 0.0952. The largest absolute Gasteiger partial charge is 0.493 e. The van der Waals surface area contributed by atoms with Gasteiger partial charge in [0.2, 0.25) is 0 Å². The molecule has 6 heteroatoms. The number of hydrogen-bond acceptors (Lipinski definition) is 5. The van der Waals surface area contributed by atoms with Crippen LogP contribution in [0.4, 0.5) is 0 Å². The molecule has 3 heterocycles. The first-order valence-corrected chi connectivity index (χ1v) is 8.28. The lowest BCUT2D eigenvalue weighted by Gasteiger charge is -2.08. The summed E-state index contributed by atoms with van der Waals surface area (Å²) in [6.45, 7) is 0. The Bertz CT molecular complexity index is 1160. The Labute approximate surface area is 156 Å². The quantitative estimate of drug-likeness (QED) is 0.528. The molecule has 0 saturated carbocycles. The minimum absolute atomic E-state index is 0.638. The van der Waals surface area contributed by atoms with Crippen LogP contribution in [-0.2, 0) is 0 Å². The zero-order valence-electron chi connectivity index (χ0n) is 14.9. The topological polar surface area (TPSA) is 61.5 Å². The Kier molecular flexibility index (Phi) is 4.42. The molecule has 6 nitrogen and oxygen atoms in total. The van der Waals surface area contributed by atoms with E-state index in [9.17, 15) is 0 Å². The van der Waals surface area contributed by atoms with Crippen molar-refractivity contribution in [2.45, 2.75) is 0 Å². The molecule has 0 aliphatic heterocycles. The van der Waals surface area contributed by atoms with Crippen LogP contribution < -0.4 is 9.47 Å². The Morgan fingerprint density at radius 2 is 1.74 bits per heavy atom. The van der Waals surface area contributed by atoms with Gasteiger partial charge in [-0.15, -0.1) is 10.2 Å².